The van der Waals surface area contributed by atoms with Gasteiger partial charge < -0.3 is 24.8 Å². The standard InChI is InChI=1S/C30H33N3O8S/c1-2-39-29(35)25(33-42(37,38)23-12-7-4-8-13-23)19-22-15-16-26-24(18-22)32-28(34)27(41-26)14-9-17-31-30(36)40-20-21-10-5-3-6-11-21/h3-8,10-13,15-16,18,25,27,33H,2,9,14,17,19-20H2,1H3,(H,31,36)(H,32,34)/t25-,27+/m0/s1. The van der Waals surface area contributed by atoms with E-state index in [0.717, 1.165) is 5.56 Å². The van der Waals surface area contributed by atoms with Crippen molar-refractivity contribution in [3.8, 4) is 5.75 Å². The summed E-state index contributed by atoms with van der Waals surface area (Å²) in [6.07, 6.45) is -0.468. The largest absolute Gasteiger partial charge is 0.478 e. The number of rotatable bonds is 13. The van der Waals surface area contributed by atoms with Gasteiger partial charge in [0.1, 0.15) is 18.4 Å². The van der Waals surface area contributed by atoms with Gasteiger partial charge in [-0.05, 0) is 61.6 Å². The van der Waals surface area contributed by atoms with E-state index in [9.17, 15) is 22.8 Å². The number of sulfonamides is 1. The second kappa shape index (κ2) is 14.5. The van der Waals surface area contributed by atoms with Gasteiger partial charge in [0.15, 0.2) is 6.10 Å². The summed E-state index contributed by atoms with van der Waals surface area (Å²) in [6, 6.07) is 20.9. The fourth-order valence-corrected chi connectivity index (χ4v) is 5.48. The molecule has 12 heteroatoms. The first kappa shape index (κ1) is 30.5. The van der Waals surface area contributed by atoms with Crippen LogP contribution >= 0.6 is 0 Å². The molecule has 222 valence electrons. The molecule has 0 unspecified atom stereocenters. The van der Waals surface area contributed by atoms with Gasteiger partial charge in [-0.25, -0.2) is 13.2 Å². The maximum atomic E-state index is 12.9. The van der Waals surface area contributed by atoms with Crippen molar-refractivity contribution in [3.05, 3.63) is 90.0 Å². The van der Waals surface area contributed by atoms with Crippen LogP contribution in [0.5, 0.6) is 5.75 Å². The molecule has 0 fully saturated rings. The molecule has 1 heterocycles. The average molecular weight is 596 g/mol. The van der Waals surface area contributed by atoms with Crippen LogP contribution in [-0.4, -0.2) is 51.7 Å². The zero-order chi connectivity index (χ0) is 30.0. The van der Waals surface area contributed by atoms with Crippen molar-refractivity contribution in [2.75, 3.05) is 18.5 Å². The molecule has 1 aliphatic rings. The van der Waals surface area contributed by atoms with E-state index in [2.05, 4.69) is 15.4 Å². The van der Waals surface area contributed by atoms with E-state index in [4.69, 9.17) is 14.2 Å². The lowest BCUT2D eigenvalue weighted by Gasteiger charge is -2.26. The van der Waals surface area contributed by atoms with Crippen LogP contribution in [0.3, 0.4) is 0 Å². The van der Waals surface area contributed by atoms with Gasteiger partial charge in [-0.3, -0.25) is 9.59 Å². The summed E-state index contributed by atoms with van der Waals surface area (Å²) in [5, 5.41) is 5.47. The quantitative estimate of drug-likeness (QED) is 0.201. The number of benzene rings is 3. The van der Waals surface area contributed by atoms with Crippen LogP contribution in [-0.2, 0) is 42.1 Å². The molecule has 0 bridgehead atoms. The first-order valence-electron chi connectivity index (χ1n) is 13.5. The highest BCUT2D eigenvalue weighted by molar-refractivity contribution is 7.89. The summed E-state index contributed by atoms with van der Waals surface area (Å²) in [4.78, 5) is 37.3. The maximum Gasteiger partial charge on any atom is 0.407 e. The first-order chi connectivity index (χ1) is 20.2. The van der Waals surface area contributed by atoms with E-state index in [-0.39, 0.29) is 30.4 Å². The fourth-order valence-electron chi connectivity index (χ4n) is 4.27. The minimum absolute atomic E-state index is 0.0104. The Morgan fingerprint density at radius 3 is 2.40 bits per heavy atom. The molecule has 2 amide bonds. The molecule has 3 N–H and O–H groups in total. The third-order valence-corrected chi connectivity index (χ3v) is 7.84. The van der Waals surface area contributed by atoms with E-state index in [0.29, 0.717) is 36.4 Å². The molecular formula is C30H33N3O8S. The zero-order valence-electron chi connectivity index (χ0n) is 23.1. The number of hydrogen-bond acceptors (Lipinski definition) is 8. The zero-order valence-corrected chi connectivity index (χ0v) is 23.9. The third kappa shape index (κ3) is 8.54. The topological polar surface area (TPSA) is 149 Å². The summed E-state index contributed by atoms with van der Waals surface area (Å²) in [5.41, 5.74) is 1.87. The smallest absolute Gasteiger partial charge is 0.407 e. The number of amides is 2. The number of esters is 1. The van der Waals surface area contributed by atoms with Gasteiger partial charge in [-0.15, -0.1) is 0 Å². The molecule has 0 aliphatic carbocycles. The first-order valence-corrected chi connectivity index (χ1v) is 15.0. The summed E-state index contributed by atoms with van der Waals surface area (Å²) >= 11 is 0. The van der Waals surface area contributed by atoms with Crippen LogP contribution in [0.2, 0.25) is 0 Å². The third-order valence-electron chi connectivity index (χ3n) is 6.35. The lowest BCUT2D eigenvalue weighted by molar-refractivity contribution is -0.145. The number of alkyl carbamates (subject to hydrolysis) is 1. The fraction of sp³-hybridized carbons (Fsp3) is 0.300. The molecule has 0 saturated carbocycles. The molecule has 0 saturated heterocycles. The lowest BCUT2D eigenvalue weighted by Crippen LogP contribution is -2.43. The molecule has 11 nitrogen and oxygen atoms in total. The van der Waals surface area contributed by atoms with Gasteiger partial charge >= 0.3 is 12.1 Å². The van der Waals surface area contributed by atoms with Crippen molar-refractivity contribution in [3.63, 3.8) is 0 Å². The molecule has 2 atom stereocenters. The van der Waals surface area contributed by atoms with E-state index >= 15 is 0 Å². The Labute approximate surface area is 244 Å². The van der Waals surface area contributed by atoms with Crippen LogP contribution < -0.4 is 20.1 Å². The molecule has 0 aromatic heterocycles. The number of anilines is 1. The lowest BCUT2D eigenvalue weighted by atomic mass is 10.0. The molecule has 3 aromatic carbocycles. The van der Waals surface area contributed by atoms with Crippen LogP contribution in [0.25, 0.3) is 0 Å². The van der Waals surface area contributed by atoms with Gasteiger partial charge in [0.25, 0.3) is 5.91 Å². The van der Waals surface area contributed by atoms with Gasteiger partial charge in [0.2, 0.25) is 10.0 Å². The maximum absolute atomic E-state index is 12.9. The van der Waals surface area contributed by atoms with Crippen molar-refractivity contribution in [1.82, 2.24) is 10.0 Å². The van der Waals surface area contributed by atoms with Crippen molar-refractivity contribution in [2.45, 2.75) is 49.8 Å². The van der Waals surface area contributed by atoms with Gasteiger partial charge in [0.05, 0.1) is 17.2 Å². The predicted molar refractivity (Wildman–Crippen MR) is 154 cm³/mol. The molecular weight excluding hydrogens is 562 g/mol. The molecule has 3 aromatic rings. The van der Waals surface area contributed by atoms with Crippen LogP contribution in [0.15, 0.2) is 83.8 Å². The molecule has 0 spiro atoms. The molecule has 4 rings (SSSR count). The van der Waals surface area contributed by atoms with Crippen molar-refractivity contribution < 1.29 is 37.0 Å². The molecule has 1 aliphatic heterocycles. The second-order valence-corrected chi connectivity index (χ2v) is 11.2. The van der Waals surface area contributed by atoms with Crippen molar-refractivity contribution >= 4 is 33.7 Å². The number of nitrogens with one attached hydrogen (secondary N) is 3. The second-order valence-electron chi connectivity index (χ2n) is 9.50. The molecule has 0 radical (unpaired) electrons. The summed E-state index contributed by atoms with van der Waals surface area (Å²) in [6.45, 7) is 2.19. The monoisotopic (exact) mass is 595 g/mol. The highest BCUT2D eigenvalue weighted by atomic mass is 32.2. The van der Waals surface area contributed by atoms with Crippen LogP contribution in [0, 0.1) is 0 Å². The van der Waals surface area contributed by atoms with Crippen molar-refractivity contribution in [2.24, 2.45) is 0 Å². The molecule has 42 heavy (non-hydrogen) atoms. The number of carbonyl (C=O) groups excluding carboxylic acids is 3. The summed E-state index contributed by atoms with van der Waals surface area (Å²) < 4.78 is 44.3. The van der Waals surface area contributed by atoms with Crippen LogP contribution in [0.4, 0.5) is 10.5 Å². The van der Waals surface area contributed by atoms with Crippen LogP contribution in [0.1, 0.15) is 30.9 Å². The highest BCUT2D eigenvalue weighted by Gasteiger charge is 2.30. The Hall–Kier alpha value is -4.42. The Bertz CT molecular complexity index is 1480. The average Bonchev–Trinajstić information content (AvgIpc) is 2.99. The Balaban J connectivity index is 1.31. The number of fused-ring (bicyclic) bond motifs is 1. The van der Waals surface area contributed by atoms with E-state index in [1.54, 1.807) is 43.3 Å². The van der Waals surface area contributed by atoms with E-state index < -0.39 is 34.2 Å². The highest BCUT2D eigenvalue weighted by Crippen LogP contribution is 2.32. The number of ether oxygens (including phenoxy) is 3. The SMILES string of the molecule is CCOC(=O)[C@H](Cc1ccc2c(c1)NC(=O)[C@@H](CCCNC(=O)OCc1ccccc1)O2)NS(=O)(=O)c1ccccc1. The number of hydrogen-bond donors (Lipinski definition) is 3. The normalized spacial score (nSPS) is 15.0. The minimum Gasteiger partial charge on any atom is -0.478 e. The van der Waals surface area contributed by atoms with Crippen molar-refractivity contribution in [1.29, 1.82) is 0 Å². The minimum atomic E-state index is -3.99. The Morgan fingerprint density at radius 1 is 0.976 bits per heavy atom. The summed E-state index contributed by atoms with van der Waals surface area (Å²) in [5.74, 6) is -0.623. The van der Waals surface area contributed by atoms with Gasteiger partial charge in [-0.2, -0.15) is 4.72 Å². The van der Waals surface area contributed by atoms with E-state index in [1.807, 2.05) is 30.3 Å². The van der Waals surface area contributed by atoms with E-state index in [1.165, 1.54) is 12.1 Å². The Morgan fingerprint density at radius 2 is 1.69 bits per heavy atom. The summed E-state index contributed by atoms with van der Waals surface area (Å²) in [7, 11) is -3.99. The predicted octanol–water partition coefficient (Wildman–Crippen LogP) is 3.55. The van der Waals surface area contributed by atoms with Gasteiger partial charge in [0, 0.05) is 6.54 Å². The Kier molecular flexibility index (Phi) is 10.5. The number of carbonyl (C=O) groups is 3. The van der Waals surface area contributed by atoms with Gasteiger partial charge in [-0.1, -0.05) is 54.6 Å².